The van der Waals surface area contributed by atoms with Crippen LogP contribution < -0.4 is 5.32 Å². The van der Waals surface area contributed by atoms with Crippen LogP contribution in [0.3, 0.4) is 0 Å². The van der Waals surface area contributed by atoms with Gasteiger partial charge in [-0.3, -0.25) is 4.79 Å². The molecule has 5 nitrogen and oxygen atoms in total. The Morgan fingerprint density at radius 1 is 1.20 bits per heavy atom. The van der Waals surface area contributed by atoms with Crippen LogP contribution in [-0.2, 0) is 6.54 Å². The summed E-state index contributed by atoms with van der Waals surface area (Å²) in [6.45, 7) is 1.97. The quantitative estimate of drug-likeness (QED) is 0.783. The second-order valence-corrected chi connectivity index (χ2v) is 6.51. The fourth-order valence-electron chi connectivity index (χ4n) is 3.20. The topological polar surface area (TPSA) is 72.8 Å². The first-order valence-corrected chi connectivity index (χ1v) is 8.68. The zero-order chi connectivity index (χ0) is 17.6. The minimum atomic E-state index is 0.00404. The van der Waals surface area contributed by atoms with Crippen molar-refractivity contribution in [2.24, 2.45) is 5.92 Å². The predicted molar refractivity (Wildman–Crippen MR) is 97.6 cm³/mol. The number of aromatic hydroxyl groups is 1. The number of carbonyl (C=O) groups excluding carboxylic acids is 1. The molecule has 3 rings (SSSR count). The molecule has 3 N–H and O–H groups in total. The largest absolute Gasteiger partial charge is 0.508 e. The molecule has 0 aliphatic carbocycles. The van der Waals surface area contributed by atoms with Crippen LogP contribution >= 0.6 is 0 Å². The summed E-state index contributed by atoms with van der Waals surface area (Å²) in [5.74, 6) is 0.440. The average molecular weight is 340 g/mol. The number of carbonyl (C=O) groups is 1. The first-order chi connectivity index (χ1) is 12.2. The highest BCUT2D eigenvalue weighted by molar-refractivity contribution is 5.95. The van der Waals surface area contributed by atoms with Gasteiger partial charge in [0.25, 0.3) is 5.91 Å². The van der Waals surface area contributed by atoms with E-state index < -0.39 is 0 Å². The number of nitrogens with zero attached hydrogens (tertiary/aromatic N) is 1. The molecule has 0 saturated carbocycles. The summed E-state index contributed by atoms with van der Waals surface area (Å²) >= 11 is 0. The lowest BCUT2D eigenvalue weighted by atomic mass is 9.98. The molecule has 132 valence electrons. The lowest BCUT2D eigenvalue weighted by Gasteiger charge is -2.32. The normalized spacial score (nSPS) is 17.3. The fourth-order valence-corrected chi connectivity index (χ4v) is 3.20. The molecule has 2 aromatic carbocycles. The van der Waals surface area contributed by atoms with Crippen molar-refractivity contribution in [2.75, 3.05) is 25.0 Å². The van der Waals surface area contributed by atoms with E-state index >= 15 is 0 Å². The molecule has 5 heteroatoms. The highest BCUT2D eigenvalue weighted by Crippen LogP contribution is 2.21. The molecule has 1 heterocycles. The van der Waals surface area contributed by atoms with Gasteiger partial charge in [0.15, 0.2) is 0 Å². The SMILES string of the molecule is O=C(c1cccc(NCc2ccccc2O)c1)N1CCCC(CO)C1. The van der Waals surface area contributed by atoms with Gasteiger partial charge in [-0.25, -0.2) is 0 Å². The number of hydrogen-bond donors (Lipinski definition) is 3. The zero-order valence-corrected chi connectivity index (χ0v) is 14.2. The number of aliphatic hydroxyl groups is 1. The maximum atomic E-state index is 12.7. The summed E-state index contributed by atoms with van der Waals surface area (Å²) in [7, 11) is 0. The van der Waals surface area contributed by atoms with E-state index in [0.29, 0.717) is 18.7 Å². The Hall–Kier alpha value is -2.53. The predicted octanol–water partition coefficient (Wildman–Crippen LogP) is 2.85. The van der Waals surface area contributed by atoms with Gasteiger partial charge < -0.3 is 20.4 Å². The Balaban J connectivity index is 1.66. The van der Waals surface area contributed by atoms with Gasteiger partial charge in [-0.05, 0) is 43.0 Å². The highest BCUT2D eigenvalue weighted by atomic mass is 16.3. The molecule has 1 atom stereocenters. The summed E-state index contributed by atoms with van der Waals surface area (Å²) < 4.78 is 0. The van der Waals surface area contributed by atoms with Crippen LogP contribution in [-0.4, -0.2) is 40.7 Å². The number of phenols is 1. The van der Waals surface area contributed by atoms with Crippen molar-refractivity contribution in [1.82, 2.24) is 4.90 Å². The number of amides is 1. The third-order valence-corrected chi connectivity index (χ3v) is 4.65. The van der Waals surface area contributed by atoms with E-state index in [1.165, 1.54) is 0 Å². The molecule has 1 unspecified atom stereocenters. The zero-order valence-electron chi connectivity index (χ0n) is 14.2. The molecule has 1 saturated heterocycles. The van der Waals surface area contributed by atoms with Crippen LogP contribution in [0.25, 0.3) is 0 Å². The van der Waals surface area contributed by atoms with Crippen molar-refractivity contribution in [2.45, 2.75) is 19.4 Å². The molecule has 1 aliphatic rings. The van der Waals surface area contributed by atoms with E-state index in [-0.39, 0.29) is 24.2 Å². The van der Waals surface area contributed by atoms with E-state index in [2.05, 4.69) is 5.32 Å². The summed E-state index contributed by atoms with van der Waals surface area (Å²) in [5.41, 5.74) is 2.28. The number of likely N-dealkylation sites (tertiary alicyclic amines) is 1. The van der Waals surface area contributed by atoms with Crippen LogP contribution in [0.1, 0.15) is 28.8 Å². The standard InChI is InChI=1S/C20H24N2O3/c23-14-15-5-4-10-22(13-15)20(25)16-7-3-8-18(11-16)21-12-17-6-1-2-9-19(17)24/h1-3,6-9,11,15,21,23-24H,4-5,10,12-14H2. The number of phenolic OH excluding ortho intramolecular Hbond substituents is 1. The molecule has 25 heavy (non-hydrogen) atoms. The Morgan fingerprint density at radius 2 is 2.04 bits per heavy atom. The van der Waals surface area contributed by atoms with Gasteiger partial charge in [-0.2, -0.15) is 0 Å². The van der Waals surface area contributed by atoms with Gasteiger partial charge in [-0.1, -0.05) is 24.3 Å². The number of para-hydroxylation sites is 1. The van der Waals surface area contributed by atoms with E-state index in [0.717, 1.165) is 30.6 Å². The summed E-state index contributed by atoms with van der Waals surface area (Å²) in [6, 6.07) is 14.6. The average Bonchev–Trinajstić information content (AvgIpc) is 2.67. The van der Waals surface area contributed by atoms with Crippen LogP contribution in [0.4, 0.5) is 5.69 Å². The molecular formula is C20H24N2O3. The first-order valence-electron chi connectivity index (χ1n) is 8.68. The van der Waals surface area contributed by atoms with Gasteiger partial charge in [0.2, 0.25) is 0 Å². The monoisotopic (exact) mass is 340 g/mol. The van der Waals surface area contributed by atoms with Crippen LogP contribution in [0.5, 0.6) is 5.75 Å². The van der Waals surface area contributed by atoms with E-state index in [1.807, 2.05) is 41.3 Å². The van der Waals surface area contributed by atoms with Gasteiger partial charge in [0.05, 0.1) is 0 Å². The number of aliphatic hydroxyl groups excluding tert-OH is 1. The third kappa shape index (κ3) is 4.31. The minimum absolute atomic E-state index is 0.00404. The van der Waals surface area contributed by atoms with Crippen molar-refractivity contribution < 1.29 is 15.0 Å². The molecule has 0 aromatic heterocycles. The van der Waals surface area contributed by atoms with Crippen LogP contribution in [0.2, 0.25) is 0 Å². The van der Waals surface area contributed by atoms with E-state index in [4.69, 9.17) is 0 Å². The molecule has 1 amide bonds. The highest BCUT2D eigenvalue weighted by Gasteiger charge is 2.24. The van der Waals surface area contributed by atoms with Crippen LogP contribution in [0, 0.1) is 5.92 Å². The molecule has 2 aromatic rings. The Kier molecular flexibility index (Phi) is 5.56. The van der Waals surface area contributed by atoms with E-state index in [9.17, 15) is 15.0 Å². The van der Waals surface area contributed by atoms with Gasteiger partial charge in [0, 0.05) is 43.1 Å². The Labute approximate surface area is 147 Å². The fraction of sp³-hybridized carbons (Fsp3) is 0.350. The van der Waals surface area contributed by atoms with Gasteiger partial charge in [0.1, 0.15) is 5.75 Å². The number of anilines is 1. The Morgan fingerprint density at radius 3 is 2.84 bits per heavy atom. The number of nitrogens with one attached hydrogen (secondary N) is 1. The van der Waals surface area contributed by atoms with Crippen molar-refractivity contribution in [1.29, 1.82) is 0 Å². The number of rotatable bonds is 5. The van der Waals surface area contributed by atoms with E-state index in [1.54, 1.807) is 12.1 Å². The molecule has 1 aliphatic heterocycles. The molecule has 0 radical (unpaired) electrons. The van der Waals surface area contributed by atoms with Crippen molar-refractivity contribution in [3.63, 3.8) is 0 Å². The second-order valence-electron chi connectivity index (χ2n) is 6.51. The molecular weight excluding hydrogens is 316 g/mol. The number of hydrogen-bond acceptors (Lipinski definition) is 4. The lowest BCUT2D eigenvalue weighted by molar-refractivity contribution is 0.0621. The molecule has 0 spiro atoms. The maximum Gasteiger partial charge on any atom is 0.253 e. The van der Waals surface area contributed by atoms with Crippen molar-refractivity contribution in [3.05, 3.63) is 59.7 Å². The minimum Gasteiger partial charge on any atom is -0.508 e. The van der Waals surface area contributed by atoms with Gasteiger partial charge in [-0.15, -0.1) is 0 Å². The Bertz CT molecular complexity index is 732. The summed E-state index contributed by atoms with van der Waals surface area (Å²) in [6.07, 6.45) is 1.91. The third-order valence-electron chi connectivity index (χ3n) is 4.65. The smallest absolute Gasteiger partial charge is 0.253 e. The summed E-state index contributed by atoms with van der Waals surface area (Å²) in [4.78, 5) is 14.5. The van der Waals surface area contributed by atoms with Crippen LogP contribution in [0.15, 0.2) is 48.5 Å². The second kappa shape index (κ2) is 8.03. The lowest BCUT2D eigenvalue weighted by Crippen LogP contribution is -2.40. The number of piperidine rings is 1. The number of benzene rings is 2. The van der Waals surface area contributed by atoms with Gasteiger partial charge >= 0.3 is 0 Å². The first kappa shape index (κ1) is 17.3. The summed E-state index contributed by atoms with van der Waals surface area (Å²) in [5, 5.41) is 22.4. The maximum absolute atomic E-state index is 12.7. The molecule has 1 fully saturated rings. The molecule has 0 bridgehead atoms. The van der Waals surface area contributed by atoms with Crippen molar-refractivity contribution in [3.8, 4) is 5.75 Å². The van der Waals surface area contributed by atoms with Crippen molar-refractivity contribution >= 4 is 11.6 Å².